The molecule has 1 aromatic rings. The molecule has 5 heteroatoms. The van der Waals surface area contributed by atoms with Crippen molar-refractivity contribution in [3.8, 4) is 0 Å². The molecule has 0 aromatic heterocycles. The summed E-state index contributed by atoms with van der Waals surface area (Å²) in [5.41, 5.74) is 1.87. The molecule has 3 amide bonds. The summed E-state index contributed by atoms with van der Waals surface area (Å²) in [6.07, 6.45) is 0.830. The number of aryl methyl sites for hydroxylation is 1. The lowest BCUT2D eigenvalue weighted by Gasteiger charge is -2.32. The average Bonchev–Trinajstić information content (AvgIpc) is 2.41. The van der Waals surface area contributed by atoms with E-state index in [1.165, 1.54) is 0 Å². The summed E-state index contributed by atoms with van der Waals surface area (Å²) >= 11 is 0. The summed E-state index contributed by atoms with van der Waals surface area (Å²) in [5, 5.41) is 2.89. The van der Waals surface area contributed by atoms with Gasteiger partial charge < -0.3 is 15.1 Å². The Morgan fingerprint density at radius 3 is 2.50 bits per heavy atom. The molecule has 0 bridgehead atoms. The molecule has 0 atom stereocenters. The van der Waals surface area contributed by atoms with E-state index in [4.69, 9.17) is 0 Å². The summed E-state index contributed by atoms with van der Waals surface area (Å²) in [4.78, 5) is 26.0. The monoisotopic (exact) mass is 247 g/mol. The smallest absolute Gasteiger partial charge is 0.321 e. The van der Waals surface area contributed by atoms with Crippen LogP contribution in [0.15, 0.2) is 24.3 Å². The Kier molecular flexibility index (Phi) is 3.82. The number of para-hydroxylation sites is 1. The summed E-state index contributed by atoms with van der Waals surface area (Å²) in [6.45, 7) is 4.32. The van der Waals surface area contributed by atoms with Gasteiger partial charge in [0.1, 0.15) is 0 Å². The number of carbonyl (C=O) groups excluding carboxylic acids is 2. The van der Waals surface area contributed by atoms with Crippen molar-refractivity contribution >= 4 is 18.1 Å². The maximum atomic E-state index is 12.0. The summed E-state index contributed by atoms with van der Waals surface area (Å²) in [5.74, 6) is 0. The zero-order valence-electron chi connectivity index (χ0n) is 10.4. The van der Waals surface area contributed by atoms with E-state index >= 15 is 0 Å². The third-order valence-corrected chi connectivity index (χ3v) is 3.14. The summed E-state index contributed by atoms with van der Waals surface area (Å²) in [6, 6.07) is 7.57. The van der Waals surface area contributed by atoms with Gasteiger partial charge in [0.05, 0.1) is 0 Å². The quantitative estimate of drug-likeness (QED) is 0.801. The van der Waals surface area contributed by atoms with Gasteiger partial charge in [-0.2, -0.15) is 0 Å². The highest BCUT2D eigenvalue weighted by Gasteiger charge is 2.20. The maximum Gasteiger partial charge on any atom is 0.321 e. The Balaban J connectivity index is 1.93. The molecule has 5 nitrogen and oxygen atoms in total. The van der Waals surface area contributed by atoms with Crippen molar-refractivity contribution in [2.45, 2.75) is 6.92 Å². The first kappa shape index (κ1) is 12.4. The maximum absolute atomic E-state index is 12.0. The van der Waals surface area contributed by atoms with Gasteiger partial charge in [-0.3, -0.25) is 4.79 Å². The minimum absolute atomic E-state index is 0.102. The highest BCUT2D eigenvalue weighted by atomic mass is 16.2. The SMILES string of the molecule is Cc1ccccc1NC(=O)N1CCN(C=O)CC1. The van der Waals surface area contributed by atoms with Crippen LogP contribution in [-0.4, -0.2) is 48.4 Å². The molecule has 1 N–H and O–H groups in total. The second-order valence-electron chi connectivity index (χ2n) is 4.37. The molecular weight excluding hydrogens is 230 g/mol. The lowest BCUT2D eigenvalue weighted by Crippen LogP contribution is -2.49. The number of nitrogens with one attached hydrogen (secondary N) is 1. The standard InChI is InChI=1S/C13H17N3O2/c1-11-4-2-3-5-12(11)14-13(18)16-8-6-15(10-17)7-9-16/h2-5,10H,6-9H2,1H3,(H,14,18). The fourth-order valence-electron chi connectivity index (χ4n) is 1.94. The van der Waals surface area contributed by atoms with Gasteiger partial charge in [-0.1, -0.05) is 18.2 Å². The number of hydrogen-bond donors (Lipinski definition) is 1. The number of nitrogens with zero attached hydrogens (tertiary/aromatic N) is 2. The van der Waals surface area contributed by atoms with Gasteiger partial charge in [0, 0.05) is 31.9 Å². The van der Waals surface area contributed by atoms with E-state index < -0.39 is 0 Å². The van der Waals surface area contributed by atoms with Crippen molar-refractivity contribution < 1.29 is 9.59 Å². The molecule has 0 saturated carbocycles. The van der Waals surface area contributed by atoms with Crippen LogP contribution >= 0.6 is 0 Å². The molecule has 2 rings (SSSR count). The number of carbonyl (C=O) groups is 2. The van der Waals surface area contributed by atoms with Crippen molar-refractivity contribution in [2.75, 3.05) is 31.5 Å². The van der Waals surface area contributed by atoms with Crippen molar-refractivity contribution in [1.29, 1.82) is 0 Å². The molecular formula is C13H17N3O2. The number of hydrogen-bond acceptors (Lipinski definition) is 2. The van der Waals surface area contributed by atoms with Gasteiger partial charge in [0.25, 0.3) is 0 Å². The van der Waals surface area contributed by atoms with E-state index in [1.807, 2.05) is 31.2 Å². The van der Waals surface area contributed by atoms with E-state index in [0.29, 0.717) is 26.2 Å². The van der Waals surface area contributed by atoms with Gasteiger partial charge in [-0.25, -0.2) is 4.79 Å². The largest absolute Gasteiger partial charge is 0.342 e. The van der Waals surface area contributed by atoms with Crippen LogP contribution < -0.4 is 5.32 Å². The fraction of sp³-hybridized carbons (Fsp3) is 0.385. The van der Waals surface area contributed by atoms with Gasteiger partial charge >= 0.3 is 6.03 Å². The average molecular weight is 247 g/mol. The molecule has 0 radical (unpaired) electrons. The van der Waals surface area contributed by atoms with E-state index in [9.17, 15) is 9.59 Å². The predicted octanol–water partition coefficient (Wildman–Crippen LogP) is 1.30. The lowest BCUT2D eigenvalue weighted by molar-refractivity contribution is -0.119. The van der Waals surface area contributed by atoms with Gasteiger partial charge in [0.2, 0.25) is 6.41 Å². The molecule has 1 fully saturated rings. The minimum Gasteiger partial charge on any atom is -0.342 e. The Morgan fingerprint density at radius 2 is 1.89 bits per heavy atom. The molecule has 0 aliphatic carbocycles. The summed E-state index contributed by atoms with van der Waals surface area (Å²) < 4.78 is 0. The van der Waals surface area contributed by atoms with Crippen LogP contribution in [0.3, 0.4) is 0 Å². The molecule has 1 aliphatic heterocycles. The van der Waals surface area contributed by atoms with Crippen molar-refractivity contribution in [3.05, 3.63) is 29.8 Å². The van der Waals surface area contributed by atoms with Gasteiger partial charge in [-0.05, 0) is 18.6 Å². The topological polar surface area (TPSA) is 52.7 Å². The van der Waals surface area contributed by atoms with Gasteiger partial charge in [0.15, 0.2) is 0 Å². The second-order valence-corrected chi connectivity index (χ2v) is 4.37. The van der Waals surface area contributed by atoms with E-state index in [0.717, 1.165) is 17.7 Å². The zero-order valence-corrected chi connectivity index (χ0v) is 10.4. The highest BCUT2D eigenvalue weighted by molar-refractivity contribution is 5.90. The Hall–Kier alpha value is -2.04. The Labute approximate surface area is 106 Å². The lowest BCUT2D eigenvalue weighted by atomic mass is 10.2. The molecule has 1 saturated heterocycles. The number of anilines is 1. The van der Waals surface area contributed by atoms with Crippen LogP contribution in [0.1, 0.15) is 5.56 Å². The van der Waals surface area contributed by atoms with Crippen LogP contribution in [-0.2, 0) is 4.79 Å². The van der Waals surface area contributed by atoms with Crippen LogP contribution in [0.25, 0.3) is 0 Å². The molecule has 1 aromatic carbocycles. The predicted molar refractivity (Wildman–Crippen MR) is 69.4 cm³/mol. The normalized spacial score (nSPS) is 15.4. The van der Waals surface area contributed by atoms with Gasteiger partial charge in [-0.15, -0.1) is 0 Å². The Bertz CT molecular complexity index is 440. The number of urea groups is 1. The van der Waals surface area contributed by atoms with Crippen LogP contribution in [0.4, 0.5) is 10.5 Å². The van der Waals surface area contributed by atoms with E-state index in [2.05, 4.69) is 5.32 Å². The van der Waals surface area contributed by atoms with E-state index in [-0.39, 0.29) is 6.03 Å². The third-order valence-electron chi connectivity index (χ3n) is 3.14. The minimum atomic E-state index is -0.102. The van der Waals surface area contributed by atoms with E-state index in [1.54, 1.807) is 9.80 Å². The van der Waals surface area contributed by atoms with Crippen LogP contribution in [0.2, 0.25) is 0 Å². The highest BCUT2D eigenvalue weighted by Crippen LogP contribution is 2.14. The third kappa shape index (κ3) is 2.80. The second kappa shape index (κ2) is 5.53. The van der Waals surface area contributed by atoms with Crippen molar-refractivity contribution in [1.82, 2.24) is 9.80 Å². The molecule has 18 heavy (non-hydrogen) atoms. The Morgan fingerprint density at radius 1 is 1.22 bits per heavy atom. The number of rotatable bonds is 2. The molecule has 0 unspecified atom stereocenters. The number of benzene rings is 1. The first-order valence-corrected chi connectivity index (χ1v) is 6.01. The molecule has 96 valence electrons. The number of piperazine rings is 1. The molecule has 1 heterocycles. The zero-order chi connectivity index (χ0) is 13.0. The first-order valence-electron chi connectivity index (χ1n) is 6.01. The molecule has 0 spiro atoms. The van der Waals surface area contributed by atoms with Crippen LogP contribution in [0, 0.1) is 6.92 Å². The number of amides is 3. The first-order chi connectivity index (χ1) is 8.70. The molecule has 1 aliphatic rings. The van der Waals surface area contributed by atoms with Crippen LogP contribution in [0.5, 0.6) is 0 Å². The van der Waals surface area contributed by atoms with Crippen molar-refractivity contribution in [2.24, 2.45) is 0 Å². The fourth-order valence-corrected chi connectivity index (χ4v) is 1.94. The summed E-state index contributed by atoms with van der Waals surface area (Å²) in [7, 11) is 0. The van der Waals surface area contributed by atoms with Crippen molar-refractivity contribution in [3.63, 3.8) is 0 Å².